The number of rotatable bonds is 4. The van der Waals surface area contributed by atoms with Gasteiger partial charge in [-0.25, -0.2) is 14.5 Å². The van der Waals surface area contributed by atoms with Crippen LogP contribution < -0.4 is 10.6 Å². The highest BCUT2D eigenvalue weighted by Gasteiger charge is 2.19. The number of hydrogen-bond acceptors (Lipinski definition) is 6. The molecule has 0 unspecified atom stereocenters. The van der Waals surface area contributed by atoms with Gasteiger partial charge < -0.3 is 5.32 Å². The number of thiazole rings is 1. The SMILES string of the molecule is CC(=O)Nc1ccc(-c2csc(NC(=O)c3c(C)nn4cccnc34)n2)cc1. The van der Waals surface area contributed by atoms with Crippen molar-refractivity contribution in [1.82, 2.24) is 19.6 Å². The van der Waals surface area contributed by atoms with E-state index in [4.69, 9.17) is 0 Å². The third-order valence-corrected chi connectivity index (χ3v) is 4.78. The summed E-state index contributed by atoms with van der Waals surface area (Å²) in [7, 11) is 0. The van der Waals surface area contributed by atoms with E-state index in [1.54, 1.807) is 29.9 Å². The lowest BCUT2D eigenvalue weighted by Crippen LogP contribution is -2.13. The molecule has 140 valence electrons. The Morgan fingerprint density at radius 3 is 2.68 bits per heavy atom. The summed E-state index contributed by atoms with van der Waals surface area (Å²) in [5, 5.41) is 12.2. The number of benzene rings is 1. The van der Waals surface area contributed by atoms with E-state index in [0.29, 0.717) is 22.0 Å². The maximum Gasteiger partial charge on any atom is 0.263 e. The lowest BCUT2D eigenvalue weighted by Gasteiger charge is -2.03. The van der Waals surface area contributed by atoms with Crippen molar-refractivity contribution in [1.29, 1.82) is 0 Å². The van der Waals surface area contributed by atoms with Crippen LogP contribution in [0.2, 0.25) is 0 Å². The number of carbonyl (C=O) groups is 2. The Labute approximate surface area is 164 Å². The van der Waals surface area contributed by atoms with E-state index in [-0.39, 0.29) is 11.8 Å². The van der Waals surface area contributed by atoms with E-state index >= 15 is 0 Å². The number of nitrogens with zero attached hydrogens (tertiary/aromatic N) is 4. The second-order valence-corrected chi connectivity index (χ2v) is 6.96. The van der Waals surface area contributed by atoms with Crippen LogP contribution in [0.15, 0.2) is 48.1 Å². The first-order chi connectivity index (χ1) is 13.5. The summed E-state index contributed by atoms with van der Waals surface area (Å²) in [6.07, 6.45) is 3.37. The topological polar surface area (TPSA) is 101 Å². The molecule has 0 aliphatic carbocycles. The molecule has 0 radical (unpaired) electrons. The van der Waals surface area contributed by atoms with E-state index in [0.717, 1.165) is 16.9 Å². The van der Waals surface area contributed by atoms with E-state index < -0.39 is 0 Å². The van der Waals surface area contributed by atoms with Crippen molar-refractivity contribution < 1.29 is 9.59 Å². The fourth-order valence-electron chi connectivity index (χ4n) is 2.81. The van der Waals surface area contributed by atoms with Crippen molar-refractivity contribution in [2.75, 3.05) is 10.6 Å². The molecule has 1 aromatic carbocycles. The highest BCUT2D eigenvalue weighted by atomic mass is 32.1. The first-order valence-corrected chi connectivity index (χ1v) is 9.34. The minimum atomic E-state index is -0.298. The molecule has 2 amide bonds. The number of fused-ring (bicyclic) bond motifs is 1. The van der Waals surface area contributed by atoms with E-state index in [2.05, 4.69) is 25.7 Å². The summed E-state index contributed by atoms with van der Waals surface area (Å²) in [5.41, 5.74) is 3.88. The number of amides is 2. The molecular formula is C19H16N6O2S. The zero-order chi connectivity index (χ0) is 19.7. The van der Waals surface area contributed by atoms with Gasteiger partial charge in [0, 0.05) is 35.9 Å². The van der Waals surface area contributed by atoms with Crippen LogP contribution in [0.5, 0.6) is 0 Å². The Morgan fingerprint density at radius 2 is 1.93 bits per heavy atom. The van der Waals surface area contributed by atoms with Gasteiger partial charge in [-0.2, -0.15) is 5.10 Å². The van der Waals surface area contributed by atoms with Gasteiger partial charge in [0.25, 0.3) is 5.91 Å². The van der Waals surface area contributed by atoms with Crippen LogP contribution in [0.1, 0.15) is 23.0 Å². The molecule has 3 heterocycles. The summed E-state index contributed by atoms with van der Waals surface area (Å²) in [4.78, 5) is 32.6. The number of aryl methyl sites for hydroxylation is 1. The molecule has 4 rings (SSSR count). The summed E-state index contributed by atoms with van der Waals surface area (Å²) < 4.78 is 1.58. The third kappa shape index (κ3) is 3.47. The molecule has 9 heteroatoms. The molecule has 0 fully saturated rings. The van der Waals surface area contributed by atoms with Gasteiger partial charge in [0.2, 0.25) is 5.91 Å². The van der Waals surface area contributed by atoms with Crippen LogP contribution in [-0.4, -0.2) is 31.4 Å². The number of nitrogens with one attached hydrogen (secondary N) is 2. The highest BCUT2D eigenvalue weighted by Crippen LogP contribution is 2.27. The Hall–Kier alpha value is -3.59. The molecule has 3 aromatic heterocycles. The minimum Gasteiger partial charge on any atom is -0.326 e. The Kier molecular flexibility index (Phi) is 4.58. The maximum absolute atomic E-state index is 12.7. The first-order valence-electron chi connectivity index (χ1n) is 8.46. The Bertz CT molecular complexity index is 1180. The zero-order valence-electron chi connectivity index (χ0n) is 15.1. The predicted octanol–water partition coefficient (Wildman–Crippen LogP) is 3.37. The molecule has 4 aromatic rings. The maximum atomic E-state index is 12.7. The van der Waals surface area contributed by atoms with Crippen LogP contribution in [0.25, 0.3) is 16.9 Å². The normalized spacial score (nSPS) is 10.8. The fourth-order valence-corrected chi connectivity index (χ4v) is 3.53. The molecule has 0 spiro atoms. The molecule has 0 bridgehead atoms. The second-order valence-electron chi connectivity index (χ2n) is 6.10. The van der Waals surface area contributed by atoms with Crippen LogP contribution in [0.3, 0.4) is 0 Å². The monoisotopic (exact) mass is 392 g/mol. The third-order valence-electron chi connectivity index (χ3n) is 4.02. The number of anilines is 2. The molecule has 8 nitrogen and oxygen atoms in total. The molecule has 0 aliphatic heterocycles. The van der Waals surface area contributed by atoms with E-state index in [1.165, 1.54) is 18.3 Å². The van der Waals surface area contributed by atoms with E-state index in [1.807, 2.05) is 29.6 Å². The van der Waals surface area contributed by atoms with Crippen LogP contribution in [-0.2, 0) is 4.79 Å². The molecule has 0 saturated carbocycles. The van der Waals surface area contributed by atoms with E-state index in [9.17, 15) is 9.59 Å². The molecule has 0 saturated heterocycles. The summed E-state index contributed by atoms with van der Waals surface area (Å²) in [5.74, 6) is -0.419. The smallest absolute Gasteiger partial charge is 0.263 e. The largest absolute Gasteiger partial charge is 0.326 e. The minimum absolute atomic E-state index is 0.121. The van der Waals surface area contributed by atoms with Crippen LogP contribution in [0, 0.1) is 6.92 Å². The van der Waals surface area contributed by atoms with Crippen molar-refractivity contribution in [2.45, 2.75) is 13.8 Å². The highest BCUT2D eigenvalue weighted by molar-refractivity contribution is 7.14. The Balaban J connectivity index is 1.54. The van der Waals surface area contributed by atoms with Crippen LogP contribution >= 0.6 is 11.3 Å². The first kappa shape index (κ1) is 17.8. The van der Waals surface area contributed by atoms with Crippen molar-refractivity contribution >= 4 is 39.6 Å². The van der Waals surface area contributed by atoms with Gasteiger partial charge in [-0.15, -0.1) is 11.3 Å². The van der Waals surface area contributed by atoms with Crippen molar-refractivity contribution in [2.24, 2.45) is 0 Å². The summed E-state index contributed by atoms with van der Waals surface area (Å²) in [6, 6.07) is 9.10. The second kappa shape index (κ2) is 7.20. The quantitative estimate of drug-likeness (QED) is 0.554. The lowest BCUT2D eigenvalue weighted by molar-refractivity contribution is -0.114. The van der Waals surface area contributed by atoms with Gasteiger partial charge in [-0.1, -0.05) is 12.1 Å². The standard InChI is InChI=1S/C19H16N6O2S/c1-11-16(17-20-8-3-9-25(17)24-11)18(27)23-19-22-15(10-28-19)13-4-6-14(7-5-13)21-12(2)26/h3-10H,1-2H3,(H,21,26)(H,22,23,27). The van der Waals surface area contributed by atoms with Crippen molar-refractivity contribution in [3.05, 3.63) is 59.4 Å². The average molecular weight is 392 g/mol. The van der Waals surface area contributed by atoms with Crippen molar-refractivity contribution in [3.63, 3.8) is 0 Å². The predicted molar refractivity (Wildman–Crippen MR) is 108 cm³/mol. The van der Waals surface area contributed by atoms with Gasteiger partial charge >= 0.3 is 0 Å². The number of aromatic nitrogens is 4. The van der Waals surface area contributed by atoms with Gasteiger partial charge in [0.05, 0.1) is 11.4 Å². The van der Waals surface area contributed by atoms with Gasteiger partial charge in [0.1, 0.15) is 5.56 Å². The molecule has 28 heavy (non-hydrogen) atoms. The van der Waals surface area contributed by atoms with Crippen LogP contribution in [0.4, 0.5) is 10.8 Å². The molecule has 0 atom stereocenters. The molecule has 0 aliphatic rings. The summed E-state index contributed by atoms with van der Waals surface area (Å²) in [6.45, 7) is 3.23. The number of hydrogen-bond donors (Lipinski definition) is 2. The Morgan fingerprint density at radius 1 is 1.14 bits per heavy atom. The van der Waals surface area contributed by atoms with Gasteiger partial charge in [-0.05, 0) is 25.1 Å². The van der Waals surface area contributed by atoms with Gasteiger partial charge in [0.15, 0.2) is 10.8 Å². The fraction of sp³-hybridized carbons (Fsp3) is 0.105. The lowest BCUT2D eigenvalue weighted by atomic mass is 10.1. The molecule has 2 N–H and O–H groups in total. The number of carbonyl (C=O) groups excluding carboxylic acids is 2. The van der Waals surface area contributed by atoms with Crippen molar-refractivity contribution in [3.8, 4) is 11.3 Å². The molecular weight excluding hydrogens is 376 g/mol. The average Bonchev–Trinajstić information content (AvgIpc) is 3.25. The summed E-state index contributed by atoms with van der Waals surface area (Å²) >= 11 is 1.34. The zero-order valence-corrected chi connectivity index (χ0v) is 15.9. The van der Waals surface area contributed by atoms with Gasteiger partial charge in [-0.3, -0.25) is 14.9 Å².